The van der Waals surface area contributed by atoms with Crippen molar-refractivity contribution in [3.63, 3.8) is 0 Å². The number of carbonyl (C=O) groups is 1. The molecule has 0 amide bonds. The Kier molecular flexibility index (Phi) is 7.38. The fourth-order valence-corrected chi connectivity index (χ4v) is 3.58. The molecule has 1 aliphatic rings. The fraction of sp³-hybridized carbons (Fsp3) is 0.350. The molecule has 3 N–H and O–H groups in total. The number of carboxylic acid groups (broad SMARTS) is 1. The summed E-state index contributed by atoms with van der Waals surface area (Å²) in [5, 5.41) is 11.3. The summed E-state index contributed by atoms with van der Waals surface area (Å²) in [5.74, 6) is -6.20. The van der Waals surface area contributed by atoms with E-state index in [4.69, 9.17) is 15.6 Å². The van der Waals surface area contributed by atoms with Gasteiger partial charge in [0, 0.05) is 31.1 Å². The van der Waals surface area contributed by atoms with Gasteiger partial charge >= 0.3 is 18.3 Å². The number of benzene rings is 1. The molecular weight excluding hydrogens is 513 g/mol. The van der Waals surface area contributed by atoms with Crippen molar-refractivity contribution in [3.05, 3.63) is 59.2 Å². The Hall–Kier alpha value is -3.56. The van der Waals surface area contributed by atoms with E-state index in [9.17, 15) is 39.5 Å². The molecule has 3 heterocycles. The Morgan fingerprint density at radius 3 is 2.19 bits per heavy atom. The highest BCUT2D eigenvalue weighted by Crippen LogP contribution is 2.32. The minimum absolute atomic E-state index is 0.00360. The number of carboxylic acids is 1. The lowest BCUT2D eigenvalue weighted by Crippen LogP contribution is -2.48. The Morgan fingerprint density at radius 1 is 1.03 bits per heavy atom. The summed E-state index contributed by atoms with van der Waals surface area (Å²) in [6, 6.07) is 3.63. The van der Waals surface area contributed by atoms with Crippen molar-refractivity contribution in [2.75, 3.05) is 18.0 Å². The molecule has 1 fully saturated rings. The maximum Gasteiger partial charge on any atom is 0.490 e. The van der Waals surface area contributed by atoms with Crippen LogP contribution in [0.4, 0.5) is 45.3 Å². The average Bonchev–Trinajstić information content (AvgIpc) is 3.20. The van der Waals surface area contributed by atoms with Crippen LogP contribution in [0.3, 0.4) is 0 Å². The summed E-state index contributed by atoms with van der Waals surface area (Å²) in [7, 11) is 0. The Balaban J connectivity index is 0.000000454. The zero-order chi connectivity index (χ0) is 27.0. The number of nitrogens with zero attached hydrogens (tertiary/aromatic N) is 4. The smallest absolute Gasteiger partial charge is 0.475 e. The van der Waals surface area contributed by atoms with Gasteiger partial charge in [0.2, 0.25) is 0 Å². The molecule has 2 atom stereocenters. The van der Waals surface area contributed by atoms with E-state index in [1.54, 1.807) is 4.90 Å². The number of aromatic nitrogens is 3. The van der Waals surface area contributed by atoms with E-state index >= 15 is 0 Å². The first-order chi connectivity index (χ1) is 16.6. The van der Waals surface area contributed by atoms with Gasteiger partial charge < -0.3 is 15.7 Å². The SMILES string of the molecule is N[C@H]1CN(c2ccc3nc(C(F)(F)F)cn3n2)CC[C@@H]1c1cc(F)c(F)cc1F.O=C(O)C(F)(F)F. The van der Waals surface area contributed by atoms with E-state index in [1.165, 1.54) is 12.1 Å². The van der Waals surface area contributed by atoms with E-state index < -0.39 is 53.4 Å². The third-order valence-electron chi connectivity index (χ3n) is 5.26. The van der Waals surface area contributed by atoms with Gasteiger partial charge in [0.15, 0.2) is 23.0 Å². The highest BCUT2D eigenvalue weighted by molar-refractivity contribution is 5.73. The minimum atomic E-state index is -5.08. The summed E-state index contributed by atoms with van der Waals surface area (Å²) in [4.78, 5) is 14.1. The highest BCUT2D eigenvalue weighted by Gasteiger charge is 2.38. The van der Waals surface area contributed by atoms with Crippen LogP contribution in [0.5, 0.6) is 0 Å². The molecule has 3 aromatic rings. The summed E-state index contributed by atoms with van der Waals surface area (Å²) in [6.45, 7) is 0.568. The number of alkyl halides is 6. The normalized spacial score (nSPS) is 18.7. The van der Waals surface area contributed by atoms with Crippen molar-refractivity contribution >= 4 is 17.4 Å². The number of hydrogen-bond donors (Lipinski definition) is 2. The van der Waals surface area contributed by atoms with Crippen molar-refractivity contribution in [2.45, 2.75) is 30.7 Å². The van der Waals surface area contributed by atoms with Crippen LogP contribution in [-0.2, 0) is 11.0 Å². The molecule has 196 valence electrons. The van der Waals surface area contributed by atoms with Crippen LogP contribution in [0, 0.1) is 17.5 Å². The number of halogens is 9. The van der Waals surface area contributed by atoms with Gasteiger partial charge in [-0.05, 0) is 30.2 Å². The highest BCUT2D eigenvalue weighted by atomic mass is 19.4. The second-order valence-corrected chi connectivity index (χ2v) is 7.71. The summed E-state index contributed by atoms with van der Waals surface area (Å²) in [6.07, 6.45) is -8.54. The van der Waals surface area contributed by atoms with Gasteiger partial charge in [0.25, 0.3) is 0 Å². The van der Waals surface area contributed by atoms with Crippen molar-refractivity contribution in [2.24, 2.45) is 5.73 Å². The molecule has 36 heavy (non-hydrogen) atoms. The van der Waals surface area contributed by atoms with Gasteiger partial charge in [-0.1, -0.05) is 0 Å². The molecule has 0 spiro atoms. The minimum Gasteiger partial charge on any atom is -0.475 e. The van der Waals surface area contributed by atoms with Crippen LogP contribution < -0.4 is 10.6 Å². The number of aliphatic carboxylic acids is 1. The number of imidazole rings is 1. The molecule has 0 radical (unpaired) electrons. The predicted molar refractivity (Wildman–Crippen MR) is 106 cm³/mol. The van der Waals surface area contributed by atoms with Crippen molar-refractivity contribution in [1.82, 2.24) is 14.6 Å². The number of anilines is 1. The quantitative estimate of drug-likeness (QED) is 0.383. The lowest BCUT2D eigenvalue weighted by molar-refractivity contribution is -0.192. The van der Waals surface area contributed by atoms with Crippen LogP contribution in [0.25, 0.3) is 5.65 Å². The first-order valence-corrected chi connectivity index (χ1v) is 9.96. The van der Waals surface area contributed by atoms with E-state index in [2.05, 4.69) is 10.1 Å². The standard InChI is InChI=1S/C18H15F6N5.C2HF3O2/c19-11-6-13(21)12(20)5-10(11)9-3-4-28(7-14(9)25)17-2-1-16-26-15(18(22,23)24)8-29(16)27-17;3-2(4,5)1(6)7/h1-2,5-6,8-9,14H,3-4,7,25H2;(H,6,7)/t9-,14+;/m1./s1. The summed E-state index contributed by atoms with van der Waals surface area (Å²) < 4.78 is 112. The predicted octanol–water partition coefficient (Wildman–Crippen LogP) is 4.12. The second-order valence-electron chi connectivity index (χ2n) is 7.71. The zero-order valence-electron chi connectivity index (χ0n) is 17.8. The van der Waals surface area contributed by atoms with Gasteiger partial charge in [-0.3, -0.25) is 0 Å². The van der Waals surface area contributed by atoms with Gasteiger partial charge in [-0.15, -0.1) is 5.10 Å². The molecule has 0 saturated carbocycles. The third-order valence-corrected chi connectivity index (χ3v) is 5.26. The van der Waals surface area contributed by atoms with Crippen LogP contribution in [0.15, 0.2) is 30.5 Å². The van der Waals surface area contributed by atoms with Crippen molar-refractivity contribution < 1.29 is 49.4 Å². The van der Waals surface area contributed by atoms with Crippen molar-refractivity contribution in [3.8, 4) is 0 Å². The zero-order valence-corrected chi connectivity index (χ0v) is 17.8. The number of piperidine rings is 1. The van der Waals surface area contributed by atoms with Crippen LogP contribution in [0.1, 0.15) is 23.6 Å². The maximum atomic E-state index is 14.1. The van der Waals surface area contributed by atoms with E-state index in [1.807, 2.05) is 0 Å². The van der Waals surface area contributed by atoms with Gasteiger partial charge in [-0.25, -0.2) is 27.5 Å². The van der Waals surface area contributed by atoms with Crippen LogP contribution >= 0.6 is 0 Å². The molecule has 0 bridgehead atoms. The first kappa shape index (κ1) is 27.0. The largest absolute Gasteiger partial charge is 0.490 e. The van der Waals surface area contributed by atoms with Gasteiger partial charge in [-0.2, -0.15) is 26.3 Å². The van der Waals surface area contributed by atoms with E-state index in [-0.39, 0.29) is 17.8 Å². The van der Waals surface area contributed by atoms with Crippen LogP contribution in [-0.4, -0.2) is 51.0 Å². The lowest BCUT2D eigenvalue weighted by Gasteiger charge is -2.37. The molecule has 2 aromatic heterocycles. The molecule has 0 aliphatic carbocycles. The van der Waals surface area contributed by atoms with Gasteiger partial charge in [0.05, 0.1) is 6.20 Å². The summed E-state index contributed by atoms with van der Waals surface area (Å²) >= 11 is 0. The van der Waals surface area contributed by atoms with E-state index in [0.29, 0.717) is 24.8 Å². The third kappa shape index (κ3) is 5.98. The molecule has 16 heteroatoms. The Bertz CT molecular complexity index is 1260. The molecule has 4 rings (SSSR count). The maximum absolute atomic E-state index is 14.1. The first-order valence-electron chi connectivity index (χ1n) is 9.96. The Labute approximate surface area is 195 Å². The molecule has 1 saturated heterocycles. The number of rotatable bonds is 2. The average molecular weight is 529 g/mol. The topological polar surface area (TPSA) is 96.8 Å². The van der Waals surface area contributed by atoms with Gasteiger partial charge in [0.1, 0.15) is 11.6 Å². The number of fused-ring (bicyclic) bond motifs is 1. The van der Waals surface area contributed by atoms with E-state index in [0.717, 1.165) is 16.8 Å². The monoisotopic (exact) mass is 529 g/mol. The van der Waals surface area contributed by atoms with Crippen LogP contribution in [0.2, 0.25) is 0 Å². The molecule has 0 unspecified atom stereocenters. The van der Waals surface area contributed by atoms with Crippen molar-refractivity contribution in [1.29, 1.82) is 0 Å². The molecule has 7 nitrogen and oxygen atoms in total. The fourth-order valence-electron chi connectivity index (χ4n) is 3.58. The molecular formula is C20H16F9N5O2. The molecule has 1 aromatic carbocycles. The second kappa shape index (κ2) is 9.83. The number of hydrogen-bond acceptors (Lipinski definition) is 5. The number of nitrogens with two attached hydrogens (primary N) is 1. The molecule has 1 aliphatic heterocycles. The lowest BCUT2D eigenvalue weighted by atomic mass is 9.85. The Morgan fingerprint density at radius 2 is 1.64 bits per heavy atom. The summed E-state index contributed by atoms with van der Waals surface area (Å²) in [5.41, 5.74) is 5.15.